The summed E-state index contributed by atoms with van der Waals surface area (Å²) < 4.78 is 0. The summed E-state index contributed by atoms with van der Waals surface area (Å²) in [5.41, 5.74) is 4.90. The van der Waals surface area contributed by atoms with E-state index >= 15 is 0 Å². The summed E-state index contributed by atoms with van der Waals surface area (Å²) >= 11 is 0. The van der Waals surface area contributed by atoms with Gasteiger partial charge in [0.25, 0.3) is 0 Å². The molecular formula is C17H28O. The van der Waals surface area contributed by atoms with Gasteiger partial charge in [-0.2, -0.15) is 0 Å². The lowest BCUT2D eigenvalue weighted by atomic mass is 9.85. The zero-order valence-corrected chi connectivity index (χ0v) is 12.6. The van der Waals surface area contributed by atoms with Crippen molar-refractivity contribution < 1.29 is 5.11 Å². The summed E-state index contributed by atoms with van der Waals surface area (Å²) in [5, 5.41) is 10.7. The maximum absolute atomic E-state index is 10.7. The molecule has 2 unspecified atom stereocenters. The van der Waals surface area contributed by atoms with Gasteiger partial charge in [0.1, 0.15) is 0 Å². The molecule has 0 saturated carbocycles. The van der Waals surface area contributed by atoms with Crippen molar-refractivity contribution in [2.75, 3.05) is 0 Å². The number of rotatable bonds is 6. The van der Waals surface area contributed by atoms with E-state index in [1.54, 1.807) is 0 Å². The van der Waals surface area contributed by atoms with Crippen molar-refractivity contribution >= 4 is 0 Å². The lowest BCUT2D eigenvalue weighted by Crippen LogP contribution is -2.14. The second-order valence-electron chi connectivity index (χ2n) is 5.57. The quantitative estimate of drug-likeness (QED) is 0.762. The molecule has 0 aliphatic heterocycles. The molecule has 0 aliphatic rings. The summed E-state index contributed by atoms with van der Waals surface area (Å²) in [4.78, 5) is 0. The minimum atomic E-state index is -0.304. The van der Waals surface area contributed by atoms with E-state index in [0.717, 1.165) is 18.4 Å². The molecule has 1 N–H and O–H groups in total. The summed E-state index contributed by atoms with van der Waals surface area (Å²) in [5.74, 6) is 0.394. The van der Waals surface area contributed by atoms with Gasteiger partial charge in [0.15, 0.2) is 0 Å². The van der Waals surface area contributed by atoms with Gasteiger partial charge in [-0.25, -0.2) is 0 Å². The number of aliphatic hydroxyl groups excluding tert-OH is 1. The fraction of sp³-hybridized carbons (Fsp3) is 0.647. The van der Waals surface area contributed by atoms with Crippen LogP contribution in [0.15, 0.2) is 12.1 Å². The van der Waals surface area contributed by atoms with Gasteiger partial charge in [-0.3, -0.25) is 0 Å². The average Bonchev–Trinajstić information content (AvgIpc) is 2.28. The van der Waals surface area contributed by atoms with Crippen molar-refractivity contribution in [3.05, 3.63) is 34.4 Å². The van der Waals surface area contributed by atoms with Crippen molar-refractivity contribution in [2.24, 2.45) is 5.92 Å². The van der Waals surface area contributed by atoms with E-state index in [2.05, 4.69) is 46.8 Å². The first-order valence-corrected chi connectivity index (χ1v) is 7.27. The van der Waals surface area contributed by atoms with E-state index in [0.29, 0.717) is 5.92 Å². The predicted molar refractivity (Wildman–Crippen MR) is 78.9 cm³/mol. The van der Waals surface area contributed by atoms with E-state index in [1.807, 2.05) is 0 Å². The SMILES string of the molecule is CCCCC(CC)C(O)c1c(C)cc(C)cc1C. The van der Waals surface area contributed by atoms with Crippen molar-refractivity contribution in [3.8, 4) is 0 Å². The Balaban J connectivity index is 2.97. The third-order valence-corrected chi connectivity index (χ3v) is 3.93. The lowest BCUT2D eigenvalue weighted by molar-refractivity contribution is 0.0977. The van der Waals surface area contributed by atoms with Crippen molar-refractivity contribution in [1.29, 1.82) is 0 Å². The normalized spacial score (nSPS) is 14.6. The van der Waals surface area contributed by atoms with E-state index < -0.39 is 0 Å². The Morgan fingerprint density at radius 1 is 1.06 bits per heavy atom. The van der Waals surface area contributed by atoms with Gasteiger partial charge in [-0.05, 0) is 49.8 Å². The number of aryl methyl sites for hydroxylation is 3. The molecule has 1 rings (SSSR count). The summed E-state index contributed by atoms with van der Waals surface area (Å²) in [7, 11) is 0. The van der Waals surface area contributed by atoms with Gasteiger partial charge in [-0.1, -0.05) is 50.8 Å². The number of hydrogen-bond acceptors (Lipinski definition) is 1. The molecule has 1 aromatic rings. The van der Waals surface area contributed by atoms with Crippen LogP contribution in [0, 0.1) is 26.7 Å². The third-order valence-electron chi connectivity index (χ3n) is 3.93. The van der Waals surface area contributed by atoms with Crippen LogP contribution in [0.3, 0.4) is 0 Å². The Kier molecular flexibility index (Phi) is 5.87. The standard InChI is InChI=1S/C17H28O/c1-6-8-9-15(7-2)17(18)16-13(4)10-12(3)11-14(16)5/h10-11,15,17-18H,6-9H2,1-5H3. The fourth-order valence-corrected chi connectivity index (χ4v) is 2.94. The zero-order chi connectivity index (χ0) is 13.7. The molecule has 0 bridgehead atoms. The highest BCUT2D eigenvalue weighted by molar-refractivity contribution is 5.39. The molecule has 0 saturated heterocycles. The number of unbranched alkanes of at least 4 members (excludes halogenated alkanes) is 1. The highest BCUT2D eigenvalue weighted by atomic mass is 16.3. The van der Waals surface area contributed by atoms with Gasteiger partial charge < -0.3 is 5.11 Å². The molecule has 0 aromatic heterocycles. The maximum atomic E-state index is 10.7. The van der Waals surface area contributed by atoms with Crippen LogP contribution in [0.1, 0.15) is 67.9 Å². The molecule has 2 atom stereocenters. The zero-order valence-electron chi connectivity index (χ0n) is 12.6. The van der Waals surface area contributed by atoms with Gasteiger partial charge in [0, 0.05) is 0 Å². The number of hydrogen-bond donors (Lipinski definition) is 1. The van der Waals surface area contributed by atoms with E-state index in [4.69, 9.17) is 0 Å². The topological polar surface area (TPSA) is 20.2 Å². The predicted octanol–water partition coefficient (Wildman–Crippen LogP) is 4.86. The van der Waals surface area contributed by atoms with Gasteiger partial charge in [0.05, 0.1) is 6.10 Å². The molecule has 0 amide bonds. The molecule has 1 nitrogen and oxygen atoms in total. The van der Waals surface area contributed by atoms with Crippen LogP contribution in [0.4, 0.5) is 0 Å². The van der Waals surface area contributed by atoms with Gasteiger partial charge in [-0.15, -0.1) is 0 Å². The highest BCUT2D eigenvalue weighted by Crippen LogP contribution is 2.33. The molecule has 0 spiro atoms. The number of aliphatic hydroxyl groups is 1. The lowest BCUT2D eigenvalue weighted by Gasteiger charge is -2.25. The second-order valence-corrected chi connectivity index (χ2v) is 5.57. The van der Waals surface area contributed by atoms with Crippen molar-refractivity contribution in [3.63, 3.8) is 0 Å². The Morgan fingerprint density at radius 3 is 2.06 bits per heavy atom. The third kappa shape index (κ3) is 3.58. The Bertz CT molecular complexity index is 358. The molecule has 0 aliphatic carbocycles. The first-order chi connectivity index (χ1) is 8.51. The monoisotopic (exact) mass is 248 g/mol. The van der Waals surface area contributed by atoms with Crippen LogP contribution in [0.25, 0.3) is 0 Å². The van der Waals surface area contributed by atoms with Crippen LogP contribution in [0.2, 0.25) is 0 Å². The van der Waals surface area contributed by atoms with Crippen LogP contribution >= 0.6 is 0 Å². The molecule has 0 heterocycles. The Hall–Kier alpha value is -0.820. The van der Waals surface area contributed by atoms with E-state index in [9.17, 15) is 5.11 Å². The first-order valence-electron chi connectivity index (χ1n) is 7.27. The van der Waals surface area contributed by atoms with Crippen LogP contribution in [0.5, 0.6) is 0 Å². The smallest absolute Gasteiger partial charge is 0.0823 e. The molecule has 0 radical (unpaired) electrons. The van der Waals surface area contributed by atoms with Crippen LogP contribution < -0.4 is 0 Å². The van der Waals surface area contributed by atoms with E-state index in [1.165, 1.54) is 29.5 Å². The minimum Gasteiger partial charge on any atom is -0.388 e. The Labute approximate surface area is 112 Å². The highest BCUT2D eigenvalue weighted by Gasteiger charge is 2.22. The Morgan fingerprint density at radius 2 is 1.61 bits per heavy atom. The van der Waals surface area contributed by atoms with Gasteiger partial charge in [0.2, 0.25) is 0 Å². The maximum Gasteiger partial charge on any atom is 0.0823 e. The van der Waals surface area contributed by atoms with Crippen molar-refractivity contribution in [1.82, 2.24) is 0 Å². The van der Waals surface area contributed by atoms with Crippen LogP contribution in [-0.4, -0.2) is 5.11 Å². The first kappa shape index (κ1) is 15.2. The molecule has 1 aromatic carbocycles. The second kappa shape index (κ2) is 6.94. The molecule has 1 heteroatoms. The largest absolute Gasteiger partial charge is 0.388 e. The fourth-order valence-electron chi connectivity index (χ4n) is 2.94. The molecule has 0 fully saturated rings. The van der Waals surface area contributed by atoms with E-state index in [-0.39, 0.29) is 6.10 Å². The summed E-state index contributed by atoms with van der Waals surface area (Å²) in [6, 6.07) is 4.36. The van der Waals surface area contributed by atoms with Gasteiger partial charge >= 0.3 is 0 Å². The summed E-state index contributed by atoms with van der Waals surface area (Å²) in [6.45, 7) is 10.7. The minimum absolute atomic E-state index is 0.304. The molecule has 18 heavy (non-hydrogen) atoms. The average molecular weight is 248 g/mol. The van der Waals surface area contributed by atoms with Crippen molar-refractivity contribution in [2.45, 2.75) is 66.4 Å². The summed E-state index contributed by atoms with van der Waals surface area (Å²) in [6.07, 6.45) is 4.28. The molecule has 102 valence electrons. The van der Waals surface area contributed by atoms with Crippen LogP contribution in [-0.2, 0) is 0 Å². The molecular weight excluding hydrogens is 220 g/mol. The number of benzene rings is 1.